The van der Waals surface area contributed by atoms with Gasteiger partial charge in [-0.15, -0.1) is 0 Å². The van der Waals surface area contributed by atoms with Crippen molar-refractivity contribution in [3.8, 4) is 5.75 Å². The average molecular weight is 246 g/mol. The first-order valence-electron chi connectivity index (χ1n) is 4.56. The molecule has 82 valence electrons. The normalized spacial score (nSPS) is 13.7. The first kappa shape index (κ1) is 12.4. The van der Waals surface area contributed by atoms with Crippen LogP contribution in [-0.4, -0.2) is 6.61 Å². The van der Waals surface area contributed by atoms with E-state index in [4.69, 9.17) is 33.7 Å². The van der Waals surface area contributed by atoms with Crippen LogP contribution in [-0.2, 0) is 0 Å². The third-order valence-electron chi connectivity index (χ3n) is 1.90. The van der Waals surface area contributed by atoms with Crippen LogP contribution in [0.2, 0.25) is 0 Å². The lowest BCUT2D eigenvalue weighted by atomic mass is 10.1. The van der Waals surface area contributed by atoms with Crippen molar-refractivity contribution in [2.24, 2.45) is 5.73 Å². The molecule has 0 bridgehead atoms. The Labute approximate surface area is 99.6 Å². The van der Waals surface area contributed by atoms with E-state index in [0.29, 0.717) is 5.03 Å². The molecular weight excluding hydrogens is 233 g/mol. The molecular formula is C11H13Cl2NO. The highest BCUT2D eigenvalue weighted by molar-refractivity contribution is 6.36. The average Bonchev–Trinajstić information content (AvgIpc) is 2.26. The second-order valence-corrected chi connectivity index (χ2v) is 3.91. The van der Waals surface area contributed by atoms with Gasteiger partial charge in [0.2, 0.25) is 0 Å². The van der Waals surface area contributed by atoms with Crippen molar-refractivity contribution < 1.29 is 4.74 Å². The summed E-state index contributed by atoms with van der Waals surface area (Å²) >= 11 is 11.1. The van der Waals surface area contributed by atoms with Gasteiger partial charge in [0.05, 0.1) is 5.03 Å². The second kappa shape index (κ2) is 6.01. The summed E-state index contributed by atoms with van der Waals surface area (Å²) in [4.78, 5) is 0. The Balaban J connectivity index is 2.57. The van der Waals surface area contributed by atoms with Crippen LogP contribution >= 0.6 is 23.2 Å². The largest absolute Gasteiger partial charge is 0.488 e. The van der Waals surface area contributed by atoms with Gasteiger partial charge in [-0.3, -0.25) is 0 Å². The van der Waals surface area contributed by atoms with Gasteiger partial charge >= 0.3 is 0 Å². The second-order valence-electron chi connectivity index (χ2n) is 3.20. The minimum atomic E-state index is 0.0328. The number of nitrogens with two attached hydrogens (primary N) is 1. The van der Waals surface area contributed by atoms with E-state index >= 15 is 0 Å². The number of benzene rings is 1. The van der Waals surface area contributed by atoms with Crippen molar-refractivity contribution >= 4 is 23.2 Å². The minimum absolute atomic E-state index is 0.0328. The van der Waals surface area contributed by atoms with Crippen LogP contribution in [0.4, 0.5) is 0 Å². The van der Waals surface area contributed by atoms with Crippen LogP contribution in [0.3, 0.4) is 0 Å². The molecule has 0 fully saturated rings. The van der Waals surface area contributed by atoms with Gasteiger partial charge in [0.25, 0.3) is 0 Å². The molecule has 1 aromatic rings. The van der Waals surface area contributed by atoms with E-state index in [1.807, 2.05) is 31.2 Å². The lowest BCUT2D eigenvalue weighted by Crippen LogP contribution is -2.04. The van der Waals surface area contributed by atoms with Crippen LogP contribution in [0.5, 0.6) is 5.75 Å². The van der Waals surface area contributed by atoms with Crippen LogP contribution in [0.15, 0.2) is 34.8 Å². The van der Waals surface area contributed by atoms with Crippen LogP contribution in [0.25, 0.3) is 0 Å². The SMILES string of the molecule is C[C@H](N)c1ccc(OCC(Cl)=CCl)cc1. The lowest BCUT2D eigenvalue weighted by Gasteiger charge is -2.08. The molecule has 4 heteroatoms. The van der Waals surface area contributed by atoms with E-state index in [0.717, 1.165) is 11.3 Å². The first-order valence-corrected chi connectivity index (χ1v) is 5.38. The Bertz CT molecular complexity index is 333. The Morgan fingerprint density at radius 1 is 1.47 bits per heavy atom. The Hall–Kier alpha value is -0.700. The summed E-state index contributed by atoms with van der Waals surface area (Å²) in [6.45, 7) is 2.21. The molecule has 2 nitrogen and oxygen atoms in total. The van der Waals surface area contributed by atoms with Crippen molar-refractivity contribution in [1.29, 1.82) is 0 Å². The maximum Gasteiger partial charge on any atom is 0.125 e. The fraction of sp³-hybridized carbons (Fsp3) is 0.273. The van der Waals surface area contributed by atoms with E-state index < -0.39 is 0 Å². The highest BCUT2D eigenvalue weighted by atomic mass is 35.5. The molecule has 2 N–H and O–H groups in total. The summed E-state index contributed by atoms with van der Waals surface area (Å²) in [5, 5.41) is 0.466. The van der Waals surface area contributed by atoms with E-state index in [1.165, 1.54) is 5.54 Å². The van der Waals surface area contributed by atoms with Crippen LogP contribution in [0.1, 0.15) is 18.5 Å². The molecule has 1 aromatic carbocycles. The maximum absolute atomic E-state index is 5.72. The van der Waals surface area contributed by atoms with Crippen molar-refractivity contribution in [3.05, 3.63) is 40.4 Å². The molecule has 0 aromatic heterocycles. The standard InChI is InChI=1S/C11H13Cl2NO/c1-8(14)9-2-4-11(5-3-9)15-7-10(13)6-12/h2-6,8H,7,14H2,1H3/t8-/m0/s1. The van der Waals surface area contributed by atoms with Gasteiger partial charge in [-0.05, 0) is 24.6 Å². The molecule has 0 amide bonds. The molecule has 0 aliphatic rings. The van der Waals surface area contributed by atoms with Gasteiger partial charge in [0.15, 0.2) is 0 Å². The van der Waals surface area contributed by atoms with E-state index in [2.05, 4.69) is 0 Å². The number of rotatable bonds is 4. The van der Waals surface area contributed by atoms with Crippen molar-refractivity contribution in [2.75, 3.05) is 6.61 Å². The fourth-order valence-electron chi connectivity index (χ4n) is 1.05. The topological polar surface area (TPSA) is 35.2 Å². The zero-order valence-corrected chi connectivity index (χ0v) is 9.92. The van der Waals surface area contributed by atoms with Gasteiger partial charge in [0.1, 0.15) is 12.4 Å². The minimum Gasteiger partial charge on any atom is -0.488 e. The van der Waals surface area contributed by atoms with Crippen molar-refractivity contribution in [2.45, 2.75) is 13.0 Å². The molecule has 0 aliphatic carbocycles. The van der Waals surface area contributed by atoms with Gasteiger partial charge in [-0.2, -0.15) is 0 Å². The number of halogens is 2. The molecule has 1 rings (SSSR count). The molecule has 15 heavy (non-hydrogen) atoms. The number of hydrogen-bond donors (Lipinski definition) is 1. The summed E-state index contributed by atoms with van der Waals surface area (Å²) in [5.74, 6) is 0.746. The molecule has 0 saturated heterocycles. The van der Waals surface area contributed by atoms with E-state index in [1.54, 1.807) is 0 Å². The Morgan fingerprint density at radius 2 is 2.07 bits per heavy atom. The van der Waals surface area contributed by atoms with E-state index in [-0.39, 0.29) is 12.6 Å². The maximum atomic E-state index is 5.72. The molecule has 1 atom stereocenters. The smallest absolute Gasteiger partial charge is 0.125 e. The zero-order chi connectivity index (χ0) is 11.3. The number of ether oxygens (including phenoxy) is 1. The predicted octanol–water partition coefficient (Wildman–Crippen LogP) is 3.40. The summed E-state index contributed by atoms with van der Waals surface area (Å²) in [6.07, 6.45) is 0. The highest BCUT2D eigenvalue weighted by Gasteiger charge is 2.00. The van der Waals surface area contributed by atoms with Crippen molar-refractivity contribution in [3.63, 3.8) is 0 Å². The lowest BCUT2D eigenvalue weighted by molar-refractivity contribution is 0.359. The Morgan fingerprint density at radius 3 is 2.53 bits per heavy atom. The van der Waals surface area contributed by atoms with Gasteiger partial charge in [0, 0.05) is 11.6 Å². The van der Waals surface area contributed by atoms with Gasteiger partial charge < -0.3 is 10.5 Å². The van der Waals surface area contributed by atoms with Crippen molar-refractivity contribution in [1.82, 2.24) is 0 Å². The third-order valence-corrected chi connectivity index (χ3v) is 2.49. The van der Waals surface area contributed by atoms with Gasteiger partial charge in [-0.25, -0.2) is 0 Å². The monoisotopic (exact) mass is 245 g/mol. The summed E-state index contributed by atoms with van der Waals surface area (Å²) in [7, 11) is 0. The summed E-state index contributed by atoms with van der Waals surface area (Å²) in [5.41, 5.74) is 8.08. The predicted molar refractivity (Wildman–Crippen MR) is 64.3 cm³/mol. The molecule has 0 unspecified atom stereocenters. The van der Waals surface area contributed by atoms with E-state index in [9.17, 15) is 0 Å². The van der Waals surface area contributed by atoms with Crippen LogP contribution < -0.4 is 10.5 Å². The molecule has 0 radical (unpaired) electrons. The molecule has 0 spiro atoms. The molecule has 0 heterocycles. The van der Waals surface area contributed by atoms with Gasteiger partial charge in [-0.1, -0.05) is 35.3 Å². The summed E-state index contributed by atoms with van der Waals surface area (Å²) < 4.78 is 5.37. The van der Waals surface area contributed by atoms with Crippen LogP contribution in [0, 0.1) is 0 Å². The molecule has 0 aliphatic heterocycles. The third kappa shape index (κ3) is 4.12. The highest BCUT2D eigenvalue weighted by Crippen LogP contribution is 2.17. The quantitative estimate of drug-likeness (QED) is 0.883. The molecule has 0 saturated carbocycles. The fourth-order valence-corrected chi connectivity index (χ4v) is 1.17. The number of hydrogen-bond acceptors (Lipinski definition) is 2. The summed E-state index contributed by atoms with van der Waals surface area (Å²) in [6, 6.07) is 7.61. The first-order chi connectivity index (χ1) is 7.13. The zero-order valence-electron chi connectivity index (χ0n) is 8.41. The Kier molecular flexibility index (Phi) is 4.95.